The van der Waals surface area contributed by atoms with Crippen LogP contribution in [0.3, 0.4) is 0 Å². The summed E-state index contributed by atoms with van der Waals surface area (Å²) in [6, 6.07) is 6.63. The van der Waals surface area contributed by atoms with E-state index in [2.05, 4.69) is 5.32 Å². The van der Waals surface area contributed by atoms with Gasteiger partial charge < -0.3 is 31.6 Å². The number of nitrogens with two attached hydrogens (primary N) is 3. The molecule has 1 saturated heterocycles. The Morgan fingerprint density at radius 3 is 2.58 bits per heavy atom. The van der Waals surface area contributed by atoms with Crippen LogP contribution in [0.1, 0.15) is 44.1 Å². The zero-order valence-corrected chi connectivity index (χ0v) is 19.4. The van der Waals surface area contributed by atoms with Crippen molar-refractivity contribution in [2.45, 2.75) is 62.4 Å². The van der Waals surface area contributed by atoms with Crippen molar-refractivity contribution in [3.05, 3.63) is 35.9 Å². The molecule has 2 rings (SSSR count). The number of carbonyl (C=O) groups is 4. The Bertz CT molecular complexity index is 810. The summed E-state index contributed by atoms with van der Waals surface area (Å²) in [4.78, 5) is 51.2. The fraction of sp³-hybridized carbons (Fsp3) is 0.545. The molecule has 11 heteroatoms. The van der Waals surface area contributed by atoms with Crippen molar-refractivity contribution >= 4 is 35.7 Å². The third-order valence-electron chi connectivity index (χ3n) is 5.38. The largest absolute Gasteiger partial charge is 0.391 e. The molecule has 3 amide bonds. The van der Waals surface area contributed by atoms with E-state index in [9.17, 15) is 19.2 Å². The second-order valence-electron chi connectivity index (χ2n) is 7.95. The van der Waals surface area contributed by atoms with Gasteiger partial charge in [-0.05, 0) is 37.8 Å². The van der Waals surface area contributed by atoms with Gasteiger partial charge in [0.25, 0.3) is 0 Å². The number of nitrogens with one attached hydrogen (secondary N) is 1. The molecular weight excluding hydrogens is 446 g/mol. The number of benzene rings is 1. The van der Waals surface area contributed by atoms with Crippen LogP contribution >= 0.6 is 12.0 Å². The van der Waals surface area contributed by atoms with Gasteiger partial charge in [0, 0.05) is 6.54 Å². The van der Waals surface area contributed by atoms with Crippen LogP contribution in [0, 0.1) is 0 Å². The summed E-state index contributed by atoms with van der Waals surface area (Å²) < 4.78 is 5.20. The molecular formula is C22H33N5O5S. The topological polar surface area (TPSA) is 171 Å². The van der Waals surface area contributed by atoms with Crippen molar-refractivity contribution in [2.75, 3.05) is 13.1 Å². The average molecular weight is 480 g/mol. The third kappa shape index (κ3) is 8.67. The maximum Gasteiger partial charge on any atom is 0.320 e. The van der Waals surface area contributed by atoms with Crippen LogP contribution in [-0.4, -0.2) is 59.8 Å². The van der Waals surface area contributed by atoms with Crippen molar-refractivity contribution < 1.29 is 23.4 Å². The van der Waals surface area contributed by atoms with Gasteiger partial charge >= 0.3 is 5.97 Å². The van der Waals surface area contributed by atoms with E-state index in [0.29, 0.717) is 44.5 Å². The fourth-order valence-corrected chi connectivity index (χ4v) is 4.17. The Morgan fingerprint density at radius 2 is 1.91 bits per heavy atom. The van der Waals surface area contributed by atoms with Crippen molar-refractivity contribution in [1.29, 1.82) is 0 Å². The molecule has 1 heterocycles. The summed E-state index contributed by atoms with van der Waals surface area (Å²) in [6.45, 7) is 0.810. The fourth-order valence-electron chi connectivity index (χ4n) is 3.58. The Morgan fingerprint density at radius 1 is 1.18 bits per heavy atom. The van der Waals surface area contributed by atoms with E-state index in [-0.39, 0.29) is 6.42 Å². The summed E-state index contributed by atoms with van der Waals surface area (Å²) in [5, 5.41) is 2.57. The summed E-state index contributed by atoms with van der Waals surface area (Å²) >= 11 is 0.947. The molecule has 7 N–H and O–H groups in total. The number of unbranched alkanes of at least 4 members (excludes halogenated alkanes) is 1. The van der Waals surface area contributed by atoms with Crippen LogP contribution in [0.15, 0.2) is 30.3 Å². The highest BCUT2D eigenvalue weighted by atomic mass is 32.2. The number of hydrogen-bond donors (Lipinski definition) is 4. The minimum Gasteiger partial charge on any atom is -0.391 e. The lowest BCUT2D eigenvalue weighted by atomic mass is 10.1. The summed E-state index contributed by atoms with van der Waals surface area (Å²) in [6.07, 6.45) is 2.45. The minimum atomic E-state index is -1.21. The van der Waals surface area contributed by atoms with Gasteiger partial charge in [-0.3, -0.25) is 19.2 Å². The first-order valence-corrected chi connectivity index (χ1v) is 12.0. The second kappa shape index (κ2) is 13.8. The zero-order valence-electron chi connectivity index (χ0n) is 18.6. The molecule has 0 radical (unpaired) electrons. The number of rotatable bonds is 13. The van der Waals surface area contributed by atoms with Crippen LogP contribution in [0.5, 0.6) is 0 Å². The highest BCUT2D eigenvalue weighted by Gasteiger charge is 2.38. The maximum absolute atomic E-state index is 13.1. The smallest absolute Gasteiger partial charge is 0.320 e. The summed E-state index contributed by atoms with van der Waals surface area (Å²) in [7, 11) is 0. The molecule has 0 aliphatic carbocycles. The number of primary amides is 1. The molecule has 0 spiro atoms. The van der Waals surface area contributed by atoms with Crippen molar-refractivity contribution in [1.82, 2.24) is 10.2 Å². The summed E-state index contributed by atoms with van der Waals surface area (Å²) in [5.41, 5.74) is 17.8. The van der Waals surface area contributed by atoms with Gasteiger partial charge in [0.05, 0.1) is 30.3 Å². The number of nitrogens with zero attached hydrogens (tertiary/aromatic N) is 1. The van der Waals surface area contributed by atoms with Gasteiger partial charge in [0.2, 0.25) is 17.7 Å². The van der Waals surface area contributed by atoms with Crippen LogP contribution in [-0.2, 0) is 29.1 Å². The molecule has 1 aromatic carbocycles. The molecule has 0 saturated carbocycles. The minimum absolute atomic E-state index is 0.319. The molecule has 0 unspecified atom stereocenters. The molecule has 0 aromatic heterocycles. The van der Waals surface area contributed by atoms with Gasteiger partial charge in [0.1, 0.15) is 12.1 Å². The number of likely N-dealkylation sites (tertiary alicyclic amines) is 1. The normalized spacial score (nSPS) is 17.3. The molecule has 3 atom stereocenters. The maximum atomic E-state index is 13.1. The lowest BCUT2D eigenvalue weighted by molar-refractivity contribution is -0.144. The van der Waals surface area contributed by atoms with Crippen molar-refractivity contribution in [3.63, 3.8) is 0 Å². The van der Waals surface area contributed by atoms with Crippen LogP contribution in [0.2, 0.25) is 0 Å². The Kier molecular flexibility index (Phi) is 11.1. The van der Waals surface area contributed by atoms with Gasteiger partial charge in [-0.25, -0.2) is 0 Å². The highest BCUT2D eigenvalue weighted by Crippen LogP contribution is 2.20. The molecule has 1 aliphatic rings. The SMILES string of the molecule is NCCCC[C@H](N)C(=O)N[C@@H](CC(=O)OSCc1ccccc1)C(=O)N1CCC[C@H]1C(N)=O. The van der Waals surface area contributed by atoms with E-state index in [1.54, 1.807) is 0 Å². The monoisotopic (exact) mass is 479 g/mol. The lowest BCUT2D eigenvalue weighted by Gasteiger charge is -2.28. The third-order valence-corrected chi connectivity index (χ3v) is 6.13. The predicted molar refractivity (Wildman–Crippen MR) is 125 cm³/mol. The Balaban J connectivity index is 2.00. The average Bonchev–Trinajstić information content (AvgIpc) is 3.29. The summed E-state index contributed by atoms with van der Waals surface area (Å²) in [5.74, 6) is -1.94. The van der Waals surface area contributed by atoms with E-state index >= 15 is 0 Å². The first-order valence-electron chi connectivity index (χ1n) is 11.1. The van der Waals surface area contributed by atoms with Gasteiger partial charge in [-0.1, -0.05) is 36.8 Å². The van der Waals surface area contributed by atoms with Crippen LogP contribution in [0.25, 0.3) is 0 Å². The molecule has 10 nitrogen and oxygen atoms in total. The van der Waals surface area contributed by atoms with E-state index in [1.165, 1.54) is 4.90 Å². The quantitative estimate of drug-likeness (QED) is 0.229. The predicted octanol–water partition coefficient (Wildman–Crippen LogP) is 0.186. The number of amides is 3. The van der Waals surface area contributed by atoms with E-state index < -0.39 is 41.8 Å². The van der Waals surface area contributed by atoms with Crippen molar-refractivity contribution in [3.8, 4) is 0 Å². The molecule has 33 heavy (non-hydrogen) atoms. The number of hydrogen-bond acceptors (Lipinski definition) is 8. The first-order chi connectivity index (χ1) is 15.8. The van der Waals surface area contributed by atoms with E-state index in [4.69, 9.17) is 21.4 Å². The molecule has 1 aliphatic heterocycles. The second-order valence-corrected chi connectivity index (χ2v) is 8.64. The van der Waals surface area contributed by atoms with E-state index in [0.717, 1.165) is 24.0 Å². The highest BCUT2D eigenvalue weighted by molar-refractivity contribution is 7.94. The van der Waals surface area contributed by atoms with Gasteiger partial charge in [-0.15, -0.1) is 0 Å². The number of carbonyl (C=O) groups excluding carboxylic acids is 4. The molecule has 0 bridgehead atoms. The lowest BCUT2D eigenvalue weighted by Crippen LogP contribution is -2.55. The standard InChI is InChI=1S/C22H33N5O5S/c23-11-5-4-9-16(24)21(30)26-17(22(31)27-12-6-10-18(27)20(25)29)13-19(28)32-33-14-15-7-2-1-3-8-15/h1-3,7-8,16-18H,4-6,9-14,23-24H2,(H2,25,29)(H,26,30)/t16-,17-,18-/m0/s1. The van der Waals surface area contributed by atoms with Crippen LogP contribution in [0.4, 0.5) is 0 Å². The Labute approximate surface area is 198 Å². The molecule has 182 valence electrons. The molecule has 1 fully saturated rings. The van der Waals surface area contributed by atoms with E-state index in [1.807, 2.05) is 30.3 Å². The molecule has 1 aromatic rings. The van der Waals surface area contributed by atoms with Crippen LogP contribution < -0.4 is 22.5 Å². The zero-order chi connectivity index (χ0) is 24.2. The Hall–Kier alpha value is -2.63. The van der Waals surface area contributed by atoms with Crippen molar-refractivity contribution in [2.24, 2.45) is 17.2 Å². The van der Waals surface area contributed by atoms with Gasteiger partial charge in [0.15, 0.2) is 0 Å². The first kappa shape index (κ1) is 26.6. The van der Waals surface area contributed by atoms with Gasteiger partial charge in [-0.2, -0.15) is 0 Å².